The number of fused-ring (bicyclic) bond motifs is 1. The number of carbonyl (C=O) groups excluding carboxylic acids is 1. The van der Waals surface area contributed by atoms with Gasteiger partial charge < -0.3 is 5.32 Å². The molecule has 0 saturated heterocycles. The van der Waals surface area contributed by atoms with E-state index in [1.165, 1.54) is 5.56 Å². The zero-order chi connectivity index (χ0) is 18.0. The molecule has 0 aromatic heterocycles. The van der Waals surface area contributed by atoms with E-state index in [1.54, 1.807) is 44.3 Å². The van der Waals surface area contributed by atoms with Gasteiger partial charge in [-0.2, -0.15) is 0 Å². The predicted octanol–water partition coefficient (Wildman–Crippen LogP) is 3.03. The molecule has 0 saturated carbocycles. The van der Waals surface area contributed by atoms with Gasteiger partial charge in [-0.1, -0.05) is 12.1 Å². The molecule has 6 heteroatoms. The van der Waals surface area contributed by atoms with Crippen LogP contribution in [-0.4, -0.2) is 21.4 Å². The van der Waals surface area contributed by atoms with Crippen molar-refractivity contribution in [1.29, 1.82) is 0 Å². The second-order valence-electron chi connectivity index (χ2n) is 6.30. The number of hydrogen-bond acceptors (Lipinski definition) is 3. The van der Waals surface area contributed by atoms with Crippen molar-refractivity contribution in [2.75, 3.05) is 11.8 Å². The number of amides is 1. The first-order chi connectivity index (χ1) is 11.9. The summed E-state index contributed by atoms with van der Waals surface area (Å²) in [6.45, 7) is 1.73. The zero-order valence-electron chi connectivity index (χ0n) is 14.4. The highest BCUT2D eigenvalue weighted by atomic mass is 32.2. The van der Waals surface area contributed by atoms with Crippen molar-refractivity contribution in [2.24, 2.45) is 0 Å². The largest absolute Gasteiger partial charge is 0.355 e. The number of nitrogens with one attached hydrogen (secondary N) is 2. The summed E-state index contributed by atoms with van der Waals surface area (Å²) in [4.78, 5) is 12.2. The molecule has 3 rings (SSSR count). The molecule has 2 aromatic carbocycles. The van der Waals surface area contributed by atoms with Gasteiger partial charge in [0, 0.05) is 12.6 Å². The molecule has 0 bridgehead atoms. The molecule has 0 unspecified atom stereocenters. The summed E-state index contributed by atoms with van der Waals surface area (Å²) in [5, 5.41) is 2.56. The number of aryl methyl sites for hydroxylation is 2. The molecule has 0 radical (unpaired) electrons. The lowest BCUT2D eigenvalue weighted by atomic mass is 9.92. The highest BCUT2D eigenvalue weighted by Crippen LogP contribution is 2.26. The Morgan fingerprint density at radius 2 is 1.76 bits per heavy atom. The second-order valence-corrected chi connectivity index (χ2v) is 7.98. The monoisotopic (exact) mass is 358 g/mol. The lowest BCUT2D eigenvalue weighted by Gasteiger charge is -2.17. The lowest BCUT2D eigenvalue weighted by molar-refractivity contribution is 0.0962. The zero-order valence-corrected chi connectivity index (χ0v) is 15.2. The van der Waals surface area contributed by atoms with Crippen molar-refractivity contribution >= 4 is 21.6 Å². The Bertz CT molecular complexity index is 920. The van der Waals surface area contributed by atoms with Gasteiger partial charge in [-0.3, -0.25) is 9.52 Å². The average Bonchev–Trinajstić information content (AvgIpc) is 2.62. The molecular weight excluding hydrogens is 336 g/mol. The fourth-order valence-electron chi connectivity index (χ4n) is 3.21. The molecule has 0 fully saturated rings. The Hall–Kier alpha value is -2.34. The molecule has 0 heterocycles. The number of rotatable bonds is 4. The van der Waals surface area contributed by atoms with Crippen molar-refractivity contribution in [3.8, 4) is 0 Å². The van der Waals surface area contributed by atoms with Crippen LogP contribution >= 0.6 is 0 Å². The van der Waals surface area contributed by atoms with Crippen molar-refractivity contribution in [3.63, 3.8) is 0 Å². The number of hydrogen-bond donors (Lipinski definition) is 2. The van der Waals surface area contributed by atoms with E-state index in [2.05, 4.69) is 10.0 Å². The van der Waals surface area contributed by atoms with E-state index in [1.807, 2.05) is 6.07 Å². The van der Waals surface area contributed by atoms with Gasteiger partial charge in [-0.15, -0.1) is 0 Å². The Kier molecular flexibility index (Phi) is 4.81. The maximum Gasteiger partial charge on any atom is 0.261 e. The number of benzene rings is 2. The molecule has 0 aliphatic heterocycles. The fourth-order valence-corrected chi connectivity index (χ4v) is 4.38. The number of anilines is 1. The van der Waals surface area contributed by atoms with E-state index in [0.29, 0.717) is 16.8 Å². The first kappa shape index (κ1) is 17.5. The summed E-state index contributed by atoms with van der Waals surface area (Å²) >= 11 is 0. The van der Waals surface area contributed by atoms with E-state index in [0.717, 1.165) is 31.2 Å². The summed E-state index contributed by atoms with van der Waals surface area (Å²) in [7, 11) is -2.15. The van der Waals surface area contributed by atoms with Crippen molar-refractivity contribution in [3.05, 3.63) is 58.7 Å². The van der Waals surface area contributed by atoms with E-state index in [-0.39, 0.29) is 10.8 Å². The predicted molar refractivity (Wildman–Crippen MR) is 98.5 cm³/mol. The van der Waals surface area contributed by atoms with Gasteiger partial charge in [-0.05, 0) is 73.6 Å². The van der Waals surface area contributed by atoms with Crippen LogP contribution in [0.2, 0.25) is 0 Å². The second kappa shape index (κ2) is 6.88. The Morgan fingerprint density at radius 1 is 1.04 bits per heavy atom. The molecule has 132 valence electrons. The Labute approximate surface area is 148 Å². The summed E-state index contributed by atoms with van der Waals surface area (Å²) in [6.07, 6.45) is 4.18. The third-order valence-corrected chi connectivity index (χ3v) is 6.04. The SMILES string of the molecule is CNC(=O)c1cccc(NS(=O)(=O)c2ccc3c(c2)CCCC3)c1C. The third kappa shape index (κ3) is 3.54. The van der Waals surface area contributed by atoms with Crippen LogP contribution in [0.25, 0.3) is 0 Å². The Morgan fingerprint density at radius 3 is 2.48 bits per heavy atom. The van der Waals surface area contributed by atoms with Crippen molar-refractivity contribution in [2.45, 2.75) is 37.5 Å². The standard InChI is InChI=1S/C19H22N2O3S/c1-13-17(19(22)20-2)8-5-9-18(13)21-25(23,24)16-11-10-14-6-3-4-7-15(14)12-16/h5,8-12,21H,3-4,6-7H2,1-2H3,(H,20,22). The molecule has 2 aromatic rings. The first-order valence-electron chi connectivity index (χ1n) is 8.38. The maximum absolute atomic E-state index is 12.8. The smallest absolute Gasteiger partial charge is 0.261 e. The van der Waals surface area contributed by atoms with Gasteiger partial charge in [0.2, 0.25) is 0 Å². The molecule has 2 N–H and O–H groups in total. The third-order valence-electron chi connectivity index (χ3n) is 4.68. The summed E-state index contributed by atoms with van der Waals surface area (Å²) < 4.78 is 28.2. The van der Waals surface area contributed by atoms with Gasteiger partial charge in [-0.25, -0.2) is 8.42 Å². The van der Waals surface area contributed by atoms with Crippen LogP contribution in [0.4, 0.5) is 5.69 Å². The van der Waals surface area contributed by atoms with E-state index in [9.17, 15) is 13.2 Å². The quantitative estimate of drug-likeness (QED) is 0.882. The van der Waals surface area contributed by atoms with Gasteiger partial charge in [0.1, 0.15) is 0 Å². The Balaban J connectivity index is 1.93. The molecule has 5 nitrogen and oxygen atoms in total. The summed E-state index contributed by atoms with van der Waals surface area (Å²) in [6, 6.07) is 10.3. The molecule has 1 aliphatic rings. The van der Waals surface area contributed by atoms with Gasteiger partial charge in [0.15, 0.2) is 0 Å². The normalized spacial score (nSPS) is 13.8. The van der Waals surface area contributed by atoms with Crippen LogP contribution in [-0.2, 0) is 22.9 Å². The first-order valence-corrected chi connectivity index (χ1v) is 9.87. The topological polar surface area (TPSA) is 75.3 Å². The van der Waals surface area contributed by atoms with E-state index in [4.69, 9.17) is 0 Å². The molecule has 1 amide bonds. The van der Waals surface area contributed by atoms with Gasteiger partial charge in [0.05, 0.1) is 10.6 Å². The van der Waals surface area contributed by atoms with Crippen LogP contribution < -0.4 is 10.0 Å². The molecule has 1 aliphatic carbocycles. The van der Waals surface area contributed by atoms with Crippen LogP contribution in [0.1, 0.15) is 39.9 Å². The molecular formula is C19H22N2O3S. The van der Waals surface area contributed by atoms with Gasteiger partial charge >= 0.3 is 0 Å². The van der Waals surface area contributed by atoms with Crippen LogP contribution in [0.15, 0.2) is 41.3 Å². The number of carbonyl (C=O) groups is 1. The van der Waals surface area contributed by atoms with Crippen LogP contribution in [0.5, 0.6) is 0 Å². The summed E-state index contributed by atoms with van der Waals surface area (Å²) in [5.41, 5.74) is 3.82. The fraction of sp³-hybridized carbons (Fsp3) is 0.316. The van der Waals surface area contributed by atoms with Gasteiger partial charge in [0.25, 0.3) is 15.9 Å². The highest BCUT2D eigenvalue weighted by Gasteiger charge is 2.20. The minimum atomic E-state index is -3.70. The van der Waals surface area contributed by atoms with E-state index < -0.39 is 10.0 Å². The van der Waals surface area contributed by atoms with Crippen molar-refractivity contribution in [1.82, 2.24) is 5.32 Å². The molecule has 25 heavy (non-hydrogen) atoms. The van der Waals surface area contributed by atoms with Crippen LogP contribution in [0, 0.1) is 6.92 Å². The minimum absolute atomic E-state index is 0.243. The van der Waals surface area contributed by atoms with Crippen LogP contribution in [0.3, 0.4) is 0 Å². The molecule has 0 atom stereocenters. The van der Waals surface area contributed by atoms with E-state index >= 15 is 0 Å². The minimum Gasteiger partial charge on any atom is -0.355 e. The maximum atomic E-state index is 12.8. The lowest BCUT2D eigenvalue weighted by Crippen LogP contribution is -2.20. The summed E-state index contributed by atoms with van der Waals surface area (Å²) in [5.74, 6) is -0.243. The van der Waals surface area contributed by atoms with Crippen molar-refractivity contribution < 1.29 is 13.2 Å². The molecule has 0 spiro atoms. The number of sulfonamides is 1. The average molecular weight is 358 g/mol. The highest BCUT2D eigenvalue weighted by molar-refractivity contribution is 7.92.